The molecule has 0 unspecified atom stereocenters. The molecule has 5 heteroatoms. The van der Waals surface area contributed by atoms with Crippen molar-refractivity contribution >= 4 is 17.5 Å². The van der Waals surface area contributed by atoms with Crippen molar-refractivity contribution in [3.63, 3.8) is 0 Å². The summed E-state index contributed by atoms with van der Waals surface area (Å²) in [4.78, 5) is 26.3. The maximum atomic E-state index is 12.5. The first-order valence-electron chi connectivity index (χ1n) is 8.29. The van der Waals surface area contributed by atoms with Crippen molar-refractivity contribution in [3.05, 3.63) is 29.8 Å². The Bertz CT molecular complexity index is 558. The van der Waals surface area contributed by atoms with Gasteiger partial charge in [-0.15, -0.1) is 0 Å². The number of nitrogens with one attached hydrogen (secondary N) is 2. The number of hydrogen-bond donors (Lipinski definition) is 2. The molecule has 1 aliphatic heterocycles. The van der Waals surface area contributed by atoms with Gasteiger partial charge < -0.3 is 15.5 Å². The summed E-state index contributed by atoms with van der Waals surface area (Å²) < 4.78 is 0. The quantitative estimate of drug-likeness (QED) is 0.897. The van der Waals surface area contributed by atoms with Crippen molar-refractivity contribution in [3.8, 4) is 0 Å². The Morgan fingerprint density at radius 3 is 2.48 bits per heavy atom. The summed E-state index contributed by atoms with van der Waals surface area (Å²) in [6, 6.07) is 7.37. The van der Waals surface area contributed by atoms with E-state index in [1.165, 1.54) is 6.42 Å². The number of hydrogen-bond acceptors (Lipinski definition) is 3. The van der Waals surface area contributed by atoms with Gasteiger partial charge in [0, 0.05) is 29.9 Å². The molecular formula is C18H27N3O2. The second-order valence-electron chi connectivity index (χ2n) is 7.09. The number of nitrogens with zero attached hydrogens (tertiary/aromatic N) is 1. The van der Waals surface area contributed by atoms with Crippen molar-refractivity contribution in [2.75, 3.05) is 25.0 Å². The zero-order valence-electron chi connectivity index (χ0n) is 14.3. The van der Waals surface area contributed by atoms with Crippen LogP contribution in [0.5, 0.6) is 0 Å². The number of benzene rings is 1. The molecule has 5 nitrogen and oxygen atoms in total. The molecule has 1 aromatic carbocycles. The van der Waals surface area contributed by atoms with E-state index >= 15 is 0 Å². The van der Waals surface area contributed by atoms with Crippen LogP contribution in [0.15, 0.2) is 24.3 Å². The van der Waals surface area contributed by atoms with Gasteiger partial charge in [-0.2, -0.15) is 0 Å². The minimum atomic E-state index is -0.245. The minimum absolute atomic E-state index is 0.0646. The Balaban J connectivity index is 1.94. The number of likely N-dealkylation sites (tertiary alicyclic amines) is 1. The Morgan fingerprint density at radius 2 is 1.83 bits per heavy atom. The number of carbonyl (C=O) groups is 2. The molecule has 0 spiro atoms. The van der Waals surface area contributed by atoms with Crippen molar-refractivity contribution in [1.82, 2.24) is 10.2 Å². The highest BCUT2D eigenvalue weighted by Crippen LogP contribution is 2.16. The second-order valence-corrected chi connectivity index (χ2v) is 7.09. The predicted molar refractivity (Wildman–Crippen MR) is 92.6 cm³/mol. The van der Waals surface area contributed by atoms with E-state index in [1.54, 1.807) is 0 Å². The van der Waals surface area contributed by atoms with E-state index < -0.39 is 0 Å². The van der Waals surface area contributed by atoms with Gasteiger partial charge in [-0.05, 0) is 58.2 Å². The summed E-state index contributed by atoms with van der Waals surface area (Å²) in [5.74, 6) is 0.0118. The minimum Gasteiger partial charge on any atom is -0.376 e. The van der Waals surface area contributed by atoms with Gasteiger partial charge in [-0.1, -0.05) is 6.07 Å². The maximum absolute atomic E-state index is 12.5. The molecule has 126 valence electrons. The first-order valence-corrected chi connectivity index (χ1v) is 8.29. The van der Waals surface area contributed by atoms with Crippen molar-refractivity contribution in [2.45, 2.75) is 45.6 Å². The molecule has 2 rings (SSSR count). The maximum Gasteiger partial charge on any atom is 0.253 e. The lowest BCUT2D eigenvalue weighted by molar-refractivity contribution is -0.120. The van der Waals surface area contributed by atoms with Gasteiger partial charge in [0.05, 0.1) is 6.54 Å². The van der Waals surface area contributed by atoms with Crippen LogP contribution in [0.3, 0.4) is 0 Å². The highest BCUT2D eigenvalue weighted by atomic mass is 16.2. The van der Waals surface area contributed by atoms with Crippen LogP contribution in [0.4, 0.5) is 5.69 Å². The molecule has 1 fully saturated rings. The molecule has 23 heavy (non-hydrogen) atoms. The van der Waals surface area contributed by atoms with Gasteiger partial charge in [-0.25, -0.2) is 0 Å². The van der Waals surface area contributed by atoms with Crippen LogP contribution in [0.1, 0.15) is 50.4 Å². The Hall–Kier alpha value is -2.04. The Morgan fingerprint density at radius 1 is 1.13 bits per heavy atom. The normalized spacial score (nSPS) is 15.2. The summed E-state index contributed by atoms with van der Waals surface area (Å²) in [6.45, 7) is 7.71. The molecule has 0 bridgehead atoms. The summed E-state index contributed by atoms with van der Waals surface area (Å²) in [5, 5.41) is 5.98. The van der Waals surface area contributed by atoms with Gasteiger partial charge in [-0.3, -0.25) is 9.59 Å². The Kier molecular flexibility index (Phi) is 5.64. The molecule has 0 aromatic heterocycles. The third kappa shape index (κ3) is 5.58. The summed E-state index contributed by atoms with van der Waals surface area (Å²) in [6.07, 6.45) is 3.36. The number of piperidine rings is 1. The molecule has 2 amide bonds. The molecular weight excluding hydrogens is 290 g/mol. The lowest BCUT2D eigenvalue weighted by atomic mass is 10.1. The molecule has 1 aromatic rings. The van der Waals surface area contributed by atoms with Crippen LogP contribution in [-0.2, 0) is 4.79 Å². The average molecular weight is 317 g/mol. The average Bonchev–Trinajstić information content (AvgIpc) is 2.52. The smallest absolute Gasteiger partial charge is 0.253 e. The van der Waals surface area contributed by atoms with Crippen molar-refractivity contribution in [1.29, 1.82) is 0 Å². The number of rotatable bonds is 4. The highest BCUT2D eigenvalue weighted by molar-refractivity contribution is 5.95. The van der Waals surface area contributed by atoms with E-state index in [1.807, 2.05) is 49.9 Å². The van der Waals surface area contributed by atoms with Crippen LogP contribution in [0, 0.1) is 0 Å². The van der Waals surface area contributed by atoms with E-state index in [4.69, 9.17) is 0 Å². The van der Waals surface area contributed by atoms with Gasteiger partial charge >= 0.3 is 0 Å². The molecule has 1 heterocycles. The van der Waals surface area contributed by atoms with Crippen LogP contribution in [-0.4, -0.2) is 41.9 Å². The van der Waals surface area contributed by atoms with Crippen molar-refractivity contribution in [2.24, 2.45) is 0 Å². The van der Waals surface area contributed by atoms with Gasteiger partial charge in [0.1, 0.15) is 0 Å². The SMILES string of the molecule is CC(C)(C)NC(=O)CNc1cccc(C(=O)N2CCCCC2)c1. The first kappa shape index (κ1) is 17.3. The number of anilines is 1. The molecule has 0 aliphatic carbocycles. The fourth-order valence-electron chi connectivity index (χ4n) is 2.69. The topological polar surface area (TPSA) is 61.4 Å². The molecule has 0 saturated carbocycles. The fourth-order valence-corrected chi connectivity index (χ4v) is 2.69. The second kappa shape index (κ2) is 7.49. The molecule has 0 radical (unpaired) electrons. The monoisotopic (exact) mass is 317 g/mol. The zero-order valence-corrected chi connectivity index (χ0v) is 14.3. The molecule has 1 saturated heterocycles. The third-order valence-electron chi connectivity index (χ3n) is 3.72. The van der Waals surface area contributed by atoms with E-state index in [2.05, 4.69) is 10.6 Å². The van der Waals surface area contributed by atoms with E-state index in [0.29, 0.717) is 5.56 Å². The Labute approximate surface area is 138 Å². The number of carbonyl (C=O) groups excluding carboxylic acids is 2. The number of amides is 2. The highest BCUT2D eigenvalue weighted by Gasteiger charge is 2.18. The van der Waals surface area contributed by atoms with Gasteiger partial charge in [0.25, 0.3) is 5.91 Å². The molecule has 2 N–H and O–H groups in total. The van der Waals surface area contributed by atoms with Crippen LogP contribution >= 0.6 is 0 Å². The van der Waals surface area contributed by atoms with Gasteiger partial charge in [0.2, 0.25) is 5.91 Å². The van der Waals surface area contributed by atoms with E-state index in [9.17, 15) is 9.59 Å². The predicted octanol–water partition coefficient (Wildman–Crippen LogP) is 2.64. The van der Waals surface area contributed by atoms with Gasteiger partial charge in [0.15, 0.2) is 0 Å². The molecule has 0 atom stereocenters. The lowest BCUT2D eigenvalue weighted by Crippen LogP contribution is -2.43. The third-order valence-corrected chi connectivity index (χ3v) is 3.72. The lowest BCUT2D eigenvalue weighted by Gasteiger charge is -2.26. The first-order chi connectivity index (χ1) is 10.8. The summed E-state index contributed by atoms with van der Waals surface area (Å²) in [7, 11) is 0. The van der Waals surface area contributed by atoms with Crippen molar-refractivity contribution < 1.29 is 9.59 Å². The van der Waals surface area contributed by atoms with E-state index in [-0.39, 0.29) is 23.9 Å². The van der Waals surface area contributed by atoms with Crippen LogP contribution in [0.2, 0.25) is 0 Å². The molecule has 1 aliphatic rings. The van der Waals surface area contributed by atoms with Crippen LogP contribution in [0.25, 0.3) is 0 Å². The fraction of sp³-hybridized carbons (Fsp3) is 0.556. The van der Waals surface area contributed by atoms with E-state index in [0.717, 1.165) is 31.6 Å². The summed E-state index contributed by atoms with van der Waals surface area (Å²) in [5.41, 5.74) is 1.22. The van der Waals surface area contributed by atoms with Crippen LogP contribution < -0.4 is 10.6 Å². The largest absolute Gasteiger partial charge is 0.376 e. The standard InChI is InChI=1S/C18H27N3O2/c1-18(2,3)20-16(22)13-19-15-9-7-8-14(12-15)17(23)21-10-5-4-6-11-21/h7-9,12,19H,4-6,10-11,13H2,1-3H3,(H,20,22). The summed E-state index contributed by atoms with van der Waals surface area (Å²) >= 11 is 0. The zero-order chi connectivity index (χ0) is 16.9.